The number of nitrogens with one attached hydrogen (secondary N) is 1. The molecule has 0 saturated heterocycles. The lowest BCUT2D eigenvalue weighted by Crippen LogP contribution is -2.14. The maximum atomic E-state index is 12.9. The minimum Gasteiger partial charge on any atom is -0.378 e. The largest absolute Gasteiger partial charge is 0.378 e. The van der Waals surface area contributed by atoms with E-state index in [0.717, 1.165) is 39.5 Å². The standard InChI is InChI=1S/C26H24N6O/c1-18-9-10-21(29-26(33)19-6-4-8-22(14-19)30(2)3)15-23(18)31-13-11-25-28-17-24(32(25)31)20-7-5-12-27-16-20/h4-17H,1-3H3,(H,29,33). The maximum Gasteiger partial charge on any atom is 0.255 e. The number of fused-ring (bicyclic) bond motifs is 1. The van der Waals surface area contributed by atoms with Gasteiger partial charge in [-0.15, -0.1) is 0 Å². The molecule has 0 atom stereocenters. The third kappa shape index (κ3) is 3.85. The molecule has 0 aliphatic rings. The Morgan fingerprint density at radius 1 is 1.00 bits per heavy atom. The van der Waals surface area contributed by atoms with Crippen LogP contribution >= 0.6 is 0 Å². The van der Waals surface area contributed by atoms with E-state index in [4.69, 9.17) is 0 Å². The Balaban J connectivity index is 1.51. The van der Waals surface area contributed by atoms with E-state index in [1.807, 2.05) is 114 Å². The number of imidazole rings is 1. The van der Waals surface area contributed by atoms with Crippen molar-refractivity contribution in [3.8, 4) is 16.9 Å². The van der Waals surface area contributed by atoms with Gasteiger partial charge in [-0.25, -0.2) is 9.50 Å². The predicted octanol–water partition coefficient (Wildman–Crippen LogP) is 4.81. The number of amides is 1. The second-order valence-electron chi connectivity index (χ2n) is 8.12. The zero-order chi connectivity index (χ0) is 22.9. The van der Waals surface area contributed by atoms with Gasteiger partial charge in [-0.05, 0) is 55.0 Å². The molecule has 3 aromatic heterocycles. The fourth-order valence-corrected chi connectivity index (χ4v) is 3.87. The lowest BCUT2D eigenvalue weighted by molar-refractivity contribution is 0.102. The summed E-state index contributed by atoms with van der Waals surface area (Å²) in [5.41, 5.74) is 7.10. The summed E-state index contributed by atoms with van der Waals surface area (Å²) in [6, 6.07) is 19.4. The monoisotopic (exact) mass is 436 g/mol. The van der Waals surface area contributed by atoms with Crippen molar-refractivity contribution in [2.45, 2.75) is 6.92 Å². The highest BCUT2D eigenvalue weighted by atomic mass is 16.1. The molecule has 33 heavy (non-hydrogen) atoms. The number of hydrogen-bond acceptors (Lipinski definition) is 4. The van der Waals surface area contributed by atoms with Gasteiger partial charge in [0.15, 0.2) is 5.65 Å². The maximum absolute atomic E-state index is 12.9. The first-order chi connectivity index (χ1) is 16.0. The number of carbonyl (C=O) groups excluding carboxylic acids is 1. The van der Waals surface area contributed by atoms with Gasteiger partial charge < -0.3 is 10.2 Å². The van der Waals surface area contributed by atoms with E-state index < -0.39 is 0 Å². The highest BCUT2D eigenvalue weighted by Gasteiger charge is 2.14. The smallest absolute Gasteiger partial charge is 0.255 e. The third-order valence-electron chi connectivity index (χ3n) is 5.64. The lowest BCUT2D eigenvalue weighted by Gasteiger charge is -2.15. The van der Waals surface area contributed by atoms with Gasteiger partial charge in [0.1, 0.15) is 0 Å². The Morgan fingerprint density at radius 2 is 1.88 bits per heavy atom. The quantitative estimate of drug-likeness (QED) is 0.429. The van der Waals surface area contributed by atoms with Crippen molar-refractivity contribution in [1.82, 2.24) is 19.2 Å². The fourth-order valence-electron chi connectivity index (χ4n) is 3.87. The number of aromatic nitrogens is 4. The summed E-state index contributed by atoms with van der Waals surface area (Å²) in [7, 11) is 3.91. The molecular weight excluding hydrogens is 412 g/mol. The van der Waals surface area contributed by atoms with Gasteiger partial charge in [-0.2, -0.15) is 0 Å². The number of rotatable bonds is 5. The molecular formula is C26H24N6O. The minimum absolute atomic E-state index is 0.148. The zero-order valence-corrected chi connectivity index (χ0v) is 18.7. The Labute approximate surface area is 191 Å². The van der Waals surface area contributed by atoms with Crippen LogP contribution in [0.5, 0.6) is 0 Å². The van der Waals surface area contributed by atoms with Crippen LogP contribution in [0.2, 0.25) is 0 Å². The molecule has 3 heterocycles. The molecule has 0 saturated carbocycles. The number of benzene rings is 2. The number of aryl methyl sites for hydroxylation is 1. The van der Waals surface area contributed by atoms with Gasteiger partial charge in [0.05, 0.1) is 17.6 Å². The Bertz CT molecular complexity index is 1450. The van der Waals surface area contributed by atoms with Crippen molar-refractivity contribution in [3.63, 3.8) is 0 Å². The molecule has 1 amide bonds. The van der Waals surface area contributed by atoms with E-state index in [2.05, 4.69) is 15.3 Å². The molecule has 0 spiro atoms. The van der Waals surface area contributed by atoms with Gasteiger partial charge in [0.25, 0.3) is 5.91 Å². The molecule has 0 fully saturated rings. The van der Waals surface area contributed by atoms with Crippen molar-refractivity contribution in [1.29, 1.82) is 0 Å². The molecule has 0 bridgehead atoms. The van der Waals surface area contributed by atoms with E-state index >= 15 is 0 Å². The predicted molar refractivity (Wildman–Crippen MR) is 131 cm³/mol. The SMILES string of the molecule is Cc1ccc(NC(=O)c2cccc(N(C)C)c2)cc1-n1ccc2ncc(-c3cccnc3)n21. The van der Waals surface area contributed by atoms with Crippen LogP contribution in [0.4, 0.5) is 11.4 Å². The second kappa shape index (κ2) is 8.27. The van der Waals surface area contributed by atoms with Gasteiger partial charge in [0, 0.05) is 61.3 Å². The molecule has 5 rings (SSSR count). The molecule has 2 aromatic carbocycles. The van der Waals surface area contributed by atoms with Gasteiger partial charge in [0.2, 0.25) is 0 Å². The van der Waals surface area contributed by atoms with Crippen molar-refractivity contribution in [3.05, 3.63) is 96.6 Å². The van der Waals surface area contributed by atoms with Crippen LogP contribution in [0.3, 0.4) is 0 Å². The van der Waals surface area contributed by atoms with Crippen molar-refractivity contribution < 1.29 is 4.79 Å². The molecule has 164 valence electrons. The van der Waals surface area contributed by atoms with Gasteiger partial charge in [-0.3, -0.25) is 14.5 Å². The van der Waals surface area contributed by atoms with Crippen molar-refractivity contribution >= 4 is 22.9 Å². The molecule has 0 unspecified atom stereocenters. The molecule has 7 nitrogen and oxygen atoms in total. The molecule has 5 aromatic rings. The van der Waals surface area contributed by atoms with Crippen LogP contribution in [-0.2, 0) is 0 Å². The van der Waals surface area contributed by atoms with E-state index in [-0.39, 0.29) is 5.91 Å². The summed E-state index contributed by atoms with van der Waals surface area (Å²) >= 11 is 0. The lowest BCUT2D eigenvalue weighted by atomic mass is 10.1. The van der Waals surface area contributed by atoms with Crippen LogP contribution in [-0.4, -0.2) is 39.2 Å². The first-order valence-electron chi connectivity index (χ1n) is 10.7. The normalized spacial score (nSPS) is 11.0. The van der Waals surface area contributed by atoms with Crippen molar-refractivity contribution in [2.75, 3.05) is 24.3 Å². The highest BCUT2D eigenvalue weighted by Crippen LogP contribution is 2.26. The molecule has 0 radical (unpaired) electrons. The average Bonchev–Trinajstić information content (AvgIpc) is 3.43. The Hall–Kier alpha value is -4.39. The third-order valence-corrected chi connectivity index (χ3v) is 5.64. The summed E-state index contributed by atoms with van der Waals surface area (Å²) < 4.78 is 4.09. The average molecular weight is 437 g/mol. The molecule has 0 aliphatic carbocycles. The first-order valence-corrected chi connectivity index (χ1v) is 10.7. The van der Waals surface area contributed by atoms with Gasteiger partial charge >= 0.3 is 0 Å². The number of nitrogens with zero attached hydrogens (tertiary/aromatic N) is 5. The van der Waals surface area contributed by atoms with Crippen LogP contribution in [0.25, 0.3) is 22.6 Å². The summed E-state index contributed by atoms with van der Waals surface area (Å²) in [5.74, 6) is -0.148. The van der Waals surface area contributed by atoms with Crippen LogP contribution in [0.1, 0.15) is 15.9 Å². The van der Waals surface area contributed by atoms with Crippen molar-refractivity contribution in [2.24, 2.45) is 0 Å². The summed E-state index contributed by atoms with van der Waals surface area (Å²) in [6.07, 6.45) is 7.41. The summed E-state index contributed by atoms with van der Waals surface area (Å²) in [4.78, 5) is 23.7. The van der Waals surface area contributed by atoms with E-state index in [9.17, 15) is 4.79 Å². The Kier molecular flexibility index (Phi) is 5.14. The minimum atomic E-state index is -0.148. The molecule has 7 heteroatoms. The van der Waals surface area contributed by atoms with Crippen LogP contribution in [0, 0.1) is 6.92 Å². The summed E-state index contributed by atoms with van der Waals surface area (Å²) in [6.45, 7) is 2.05. The second-order valence-corrected chi connectivity index (χ2v) is 8.12. The van der Waals surface area contributed by atoms with Gasteiger partial charge in [-0.1, -0.05) is 12.1 Å². The van der Waals surface area contributed by atoms with Crippen LogP contribution in [0.15, 0.2) is 85.5 Å². The van der Waals surface area contributed by atoms with Crippen LogP contribution < -0.4 is 10.2 Å². The number of pyridine rings is 1. The summed E-state index contributed by atoms with van der Waals surface area (Å²) in [5, 5.41) is 3.04. The molecule has 0 aliphatic heterocycles. The fraction of sp³-hybridized carbons (Fsp3) is 0.115. The number of carbonyl (C=O) groups is 1. The van der Waals surface area contributed by atoms with E-state index in [1.165, 1.54) is 0 Å². The van der Waals surface area contributed by atoms with E-state index in [0.29, 0.717) is 5.56 Å². The number of anilines is 2. The Morgan fingerprint density at radius 3 is 2.67 bits per heavy atom. The first kappa shape index (κ1) is 20.5. The van der Waals surface area contributed by atoms with E-state index in [1.54, 1.807) is 6.20 Å². The highest BCUT2D eigenvalue weighted by molar-refractivity contribution is 6.05. The zero-order valence-electron chi connectivity index (χ0n) is 18.7. The topological polar surface area (TPSA) is 67.5 Å². The number of hydrogen-bond donors (Lipinski definition) is 1. The molecule has 1 N–H and O–H groups in total.